The lowest BCUT2D eigenvalue weighted by Gasteiger charge is -2.05. The number of fused-ring (bicyclic) bond motifs is 5. The van der Waals surface area contributed by atoms with Gasteiger partial charge < -0.3 is 0 Å². The fourth-order valence-corrected chi connectivity index (χ4v) is 2.49. The molecule has 4 rings (SSSR count). The first-order chi connectivity index (χ1) is 7.92. The van der Waals surface area contributed by atoms with Crippen LogP contribution >= 0.6 is 0 Å². The first kappa shape index (κ1) is 8.12. The van der Waals surface area contributed by atoms with E-state index < -0.39 is 0 Å². The first-order valence-corrected chi connectivity index (χ1v) is 5.47. The predicted molar refractivity (Wildman–Crippen MR) is 67.2 cm³/mol. The van der Waals surface area contributed by atoms with Gasteiger partial charge in [-0.15, -0.1) is 0 Å². The Hall–Kier alpha value is -2.08. The Kier molecular flexibility index (Phi) is 1.39. The molecule has 3 aromatic carbocycles. The van der Waals surface area contributed by atoms with Crippen molar-refractivity contribution in [2.75, 3.05) is 0 Å². The maximum absolute atomic E-state index is 3.35. The molecule has 1 radical (unpaired) electrons. The lowest BCUT2D eigenvalue weighted by molar-refractivity contribution is 1.64. The average molecular weight is 201 g/mol. The van der Waals surface area contributed by atoms with Gasteiger partial charge in [-0.1, -0.05) is 42.5 Å². The van der Waals surface area contributed by atoms with Gasteiger partial charge in [0.1, 0.15) is 0 Å². The van der Waals surface area contributed by atoms with E-state index in [-0.39, 0.29) is 0 Å². The van der Waals surface area contributed by atoms with Gasteiger partial charge in [-0.25, -0.2) is 0 Å². The number of benzene rings is 3. The molecule has 0 unspecified atom stereocenters. The van der Waals surface area contributed by atoms with Crippen molar-refractivity contribution in [3.63, 3.8) is 0 Å². The van der Waals surface area contributed by atoms with E-state index in [4.69, 9.17) is 0 Å². The van der Waals surface area contributed by atoms with Gasteiger partial charge in [0, 0.05) is 0 Å². The van der Waals surface area contributed by atoms with E-state index in [9.17, 15) is 0 Å². The van der Waals surface area contributed by atoms with Crippen molar-refractivity contribution in [3.05, 3.63) is 60.7 Å². The van der Waals surface area contributed by atoms with Crippen LogP contribution in [0.15, 0.2) is 54.6 Å². The molecule has 0 atom stereocenters. The van der Waals surface area contributed by atoms with Crippen LogP contribution in [-0.4, -0.2) is 0 Å². The molecule has 0 nitrogen and oxygen atoms in total. The normalized spacial score (nSPS) is 11.8. The molecule has 0 spiro atoms. The second-order valence-corrected chi connectivity index (χ2v) is 4.24. The smallest absolute Gasteiger partial charge is 0.00264 e. The Bertz CT molecular complexity index is 650. The molecule has 0 amide bonds. The second kappa shape index (κ2) is 2.73. The maximum atomic E-state index is 3.35. The predicted octanol–water partition coefficient (Wildman–Crippen LogP) is 4.29. The van der Waals surface area contributed by atoms with Crippen LogP contribution in [0.25, 0.3) is 33.0 Å². The Morgan fingerprint density at radius 3 is 2.50 bits per heavy atom. The summed E-state index contributed by atoms with van der Waals surface area (Å²) in [5, 5.41) is 2.62. The minimum atomic E-state index is 1.21. The quantitative estimate of drug-likeness (QED) is 0.398. The molecule has 73 valence electrons. The summed E-state index contributed by atoms with van der Waals surface area (Å²) in [6, 6.07) is 22.8. The highest BCUT2D eigenvalue weighted by Crippen LogP contribution is 2.37. The Labute approximate surface area is 94.2 Å². The van der Waals surface area contributed by atoms with E-state index >= 15 is 0 Å². The molecule has 0 aromatic heterocycles. The van der Waals surface area contributed by atoms with Gasteiger partial charge >= 0.3 is 0 Å². The largest absolute Gasteiger partial charge is 0.0610 e. The summed E-state index contributed by atoms with van der Waals surface area (Å²) in [6.07, 6.45) is 0. The monoisotopic (exact) mass is 201 g/mol. The first-order valence-electron chi connectivity index (χ1n) is 5.47. The SMILES string of the molecule is [c]1cccc2c1-c1ccc3ccc-2cc3c1. The Balaban J connectivity index is 2.30. The summed E-state index contributed by atoms with van der Waals surface area (Å²) >= 11 is 0. The second-order valence-electron chi connectivity index (χ2n) is 4.24. The molecule has 1 aliphatic rings. The molecular formula is C16H9. The van der Waals surface area contributed by atoms with Crippen LogP contribution < -0.4 is 0 Å². The van der Waals surface area contributed by atoms with Gasteiger partial charge in [-0.3, -0.25) is 0 Å². The summed E-state index contributed by atoms with van der Waals surface area (Å²) in [4.78, 5) is 0. The van der Waals surface area contributed by atoms with Crippen molar-refractivity contribution in [3.8, 4) is 22.3 Å². The van der Waals surface area contributed by atoms with Gasteiger partial charge in [0.15, 0.2) is 0 Å². The van der Waals surface area contributed by atoms with Crippen molar-refractivity contribution in [2.45, 2.75) is 0 Å². The maximum Gasteiger partial charge on any atom is -0.00264 e. The summed E-state index contributed by atoms with van der Waals surface area (Å²) in [5.74, 6) is 0. The zero-order valence-corrected chi connectivity index (χ0v) is 8.70. The van der Waals surface area contributed by atoms with Crippen LogP contribution in [0.3, 0.4) is 0 Å². The lowest BCUT2D eigenvalue weighted by atomic mass is 9.98. The van der Waals surface area contributed by atoms with Gasteiger partial charge in [0.25, 0.3) is 0 Å². The summed E-state index contributed by atoms with van der Waals surface area (Å²) in [6.45, 7) is 0. The fraction of sp³-hybridized carbons (Fsp3) is 0. The molecule has 3 aromatic rings. The Morgan fingerprint density at radius 2 is 1.56 bits per heavy atom. The van der Waals surface area contributed by atoms with Crippen LogP contribution in [0.1, 0.15) is 0 Å². The lowest BCUT2D eigenvalue weighted by Crippen LogP contribution is -1.80. The van der Waals surface area contributed by atoms with Crippen molar-refractivity contribution in [1.29, 1.82) is 0 Å². The van der Waals surface area contributed by atoms with Crippen molar-refractivity contribution < 1.29 is 0 Å². The number of rotatable bonds is 0. The number of hydrogen-bond donors (Lipinski definition) is 0. The highest BCUT2D eigenvalue weighted by atomic mass is 14.1. The highest BCUT2D eigenvalue weighted by molar-refractivity contribution is 5.97. The average Bonchev–Trinajstić information content (AvgIpc) is 2.41. The van der Waals surface area contributed by atoms with Gasteiger partial charge in [-0.05, 0) is 51.2 Å². The van der Waals surface area contributed by atoms with Gasteiger partial charge in [0.05, 0.1) is 0 Å². The van der Waals surface area contributed by atoms with Crippen molar-refractivity contribution in [2.24, 2.45) is 0 Å². The third kappa shape index (κ3) is 0.938. The molecule has 0 saturated carbocycles. The summed E-state index contributed by atoms with van der Waals surface area (Å²) < 4.78 is 0. The third-order valence-corrected chi connectivity index (χ3v) is 3.30. The molecule has 16 heavy (non-hydrogen) atoms. The van der Waals surface area contributed by atoms with Crippen LogP contribution in [0.2, 0.25) is 0 Å². The standard InChI is InChI=1S/C16H9/c1-2-4-16-13-8-6-11-5-7-12(15(16)3-1)9-14(11)10-13/h1-3,5-10H. The fourth-order valence-electron chi connectivity index (χ4n) is 2.49. The van der Waals surface area contributed by atoms with Crippen molar-refractivity contribution in [1.82, 2.24) is 0 Å². The van der Waals surface area contributed by atoms with Crippen molar-refractivity contribution >= 4 is 10.8 Å². The summed E-state index contributed by atoms with van der Waals surface area (Å²) in [7, 11) is 0. The van der Waals surface area contributed by atoms with E-state index in [2.05, 4.69) is 54.6 Å². The zero-order valence-electron chi connectivity index (χ0n) is 8.70. The molecule has 0 heterocycles. The molecule has 1 aliphatic carbocycles. The minimum absolute atomic E-state index is 1.21. The van der Waals surface area contributed by atoms with E-state index in [0.29, 0.717) is 0 Å². The third-order valence-electron chi connectivity index (χ3n) is 3.30. The molecule has 0 heteroatoms. The molecule has 0 fully saturated rings. The Morgan fingerprint density at radius 1 is 0.750 bits per heavy atom. The molecule has 0 aliphatic heterocycles. The van der Waals surface area contributed by atoms with Crippen LogP contribution in [0.4, 0.5) is 0 Å². The molecule has 3 bridgehead atoms. The van der Waals surface area contributed by atoms with E-state index in [1.807, 2.05) is 6.07 Å². The van der Waals surface area contributed by atoms with Crippen LogP contribution in [0.5, 0.6) is 0 Å². The minimum Gasteiger partial charge on any atom is -0.0610 e. The number of hydrogen-bond acceptors (Lipinski definition) is 0. The van der Waals surface area contributed by atoms with E-state index in [1.54, 1.807) is 0 Å². The topological polar surface area (TPSA) is 0 Å². The van der Waals surface area contributed by atoms with Gasteiger partial charge in [0.2, 0.25) is 0 Å². The van der Waals surface area contributed by atoms with Crippen LogP contribution in [0, 0.1) is 6.07 Å². The van der Waals surface area contributed by atoms with Crippen LogP contribution in [-0.2, 0) is 0 Å². The molecule has 0 N–H and O–H groups in total. The van der Waals surface area contributed by atoms with Gasteiger partial charge in [-0.2, -0.15) is 0 Å². The zero-order chi connectivity index (χ0) is 10.5. The molecule has 0 saturated heterocycles. The molecular weight excluding hydrogens is 192 g/mol. The highest BCUT2D eigenvalue weighted by Gasteiger charge is 2.11. The summed E-state index contributed by atoms with van der Waals surface area (Å²) in [5.41, 5.74) is 5.06. The van der Waals surface area contributed by atoms with E-state index in [1.165, 1.54) is 33.0 Å². The van der Waals surface area contributed by atoms with E-state index in [0.717, 1.165) is 0 Å².